The van der Waals surface area contributed by atoms with Crippen molar-refractivity contribution < 1.29 is 9.53 Å². The second-order valence-electron chi connectivity index (χ2n) is 5.39. The van der Waals surface area contributed by atoms with Gasteiger partial charge in [0.1, 0.15) is 0 Å². The summed E-state index contributed by atoms with van der Waals surface area (Å²) in [5.41, 5.74) is 0. The first-order valence-corrected chi connectivity index (χ1v) is 8.70. The molecule has 0 unspecified atom stereocenters. The first-order chi connectivity index (χ1) is 10.8. The van der Waals surface area contributed by atoms with Crippen LogP contribution in [0.15, 0.2) is 24.3 Å². The van der Waals surface area contributed by atoms with E-state index in [1.807, 2.05) is 6.92 Å². The van der Waals surface area contributed by atoms with Gasteiger partial charge in [0.2, 0.25) is 0 Å². The second kappa shape index (κ2) is 17.6. The van der Waals surface area contributed by atoms with Gasteiger partial charge in [0.15, 0.2) is 0 Å². The Morgan fingerprint density at radius 2 is 1.59 bits per heavy atom. The van der Waals surface area contributed by atoms with Crippen LogP contribution in [0.2, 0.25) is 0 Å². The molecule has 0 aromatic carbocycles. The van der Waals surface area contributed by atoms with E-state index < -0.39 is 0 Å². The van der Waals surface area contributed by atoms with Gasteiger partial charge in [-0.1, -0.05) is 43.6 Å². The number of ether oxygens (including phenoxy) is 1. The molecule has 0 amide bonds. The Labute approximate surface area is 137 Å². The molecule has 0 fully saturated rings. The van der Waals surface area contributed by atoms with Crippen LogP contribution in [0.5, 0.6) is 0 Å². The molecule has 0 saturated carbocycles. The number of hydrogen-bond donors (Lipinski definition) is 0. The quantitative estimate of drug-likeness (QED) is 0.181. The summed E-state index contributed by atoms with van der Waals surface area (Å²) in [5, 5.41) is 0. The molecule has 0 N–H and O–H groups in total. The Morgan fingerprint density at radius 3 is 2.27 bits per heavy atom. The van der Waals surface area contributed by atoms with Gasteiger partial charge in [-0.25, -0.2) is 0 Å². The average molecular weight is 304 g/mol. The summed E-state index contributed by atoms with van der Waals surface area (Å²) in [4.78, 5) is 11.1. The number of allylic oxidation sites excluding steroid dienone is 4. The van der Waals surface area contributed by atoms with E-state index in [0.29, 0.717) is 13.0 Å². The third kappa shape index (κ3) is 16.6. The lowest BCUT2D eigenvalue weighted by Crippen LogP contribution is -2.03. The van der Waals surface area contributed by atoms with Gasteiger partial charge >= 0.3 is 5.97 Å². The van der Waals surface area contributed by atoms with Crippen molar-refractivity contribution in [2.75, 3.05) is 6.61 Å². The highest BCUT2D eigenvalue weighted by molar-refractivity contribution is 5.69. The largest absolute Gasteiger partial charge is 0.466 e. The van der Waals surface area contributed by atoms with Gasteiger partial charge in [0.05, 0.1) is 6.61 Å². The van der Waals surface area contributed by atoms with Crippen molar-refractivity contribution in [3.63, 3.8) is 0 Å². The fourth-order valence-corrected chi connectivity index (χ4v) is 2.12. The first-order valence-electron chi connectivity index (χ1n) is 8.70. The standard InChI is InChI=1S/C20H32O2/c1-3-5-6-7-8-9-10-11-12-13-14-15-16-17-18-19-20(21)22-4-2/h1,8-9,11-12H,4-7,10,13-19H2,2H3/b9-8-,12-11-. The first kappa shape index (κ1) is 20.5. The lowest BCUT2D eigenvalue weighted by molar-refractivity contribution is -0.143. The lowest BCUT2D eigenvalue weighted by Gasteiger charge is -2.01. The van der Waals surface area contributed by atoms with E-state index in [0.717, 1.165) is 44.9 Å². The molecule has 2 heteroatoms. The van der Waals surface area contributed by atoms with E-state index in [1.54, 1.807) is 0 Å². The van der Waals surface area contributed by atoms with E-state index in [-0.39, 0.29) is 5.97 Å². The van der Waals surface area contributed by atoms with Crippen molar-refractivity contribution in [2.24, 2.45) is 0 Å². The number of carbonyl (C=O) groups excluding carboxylic acids is 1. The number of carbonyl (C=O) groups is 1. The molecule has 124 valence electrons. The predicted molar refractivity (Wildman–Crippen MR) is 94.5 cm³/mol. The zero-order valence-electron chi connectivity index (χ0n) is 14.2. The Hall–Kier alpha value is -1.49. The SMILES string of the molecule is C#CCCC/C=C\C/C=C\CCCCCCCC(=O)OCC. The van der Waals surface area contributed by atoms with Crippen LogP contribution in [0.4, 0.5) is 0 Å². The minimum atomic E-state index is -0.0576. The number of rotatable bonds is 14. The van der Waals surface area contributed by atoms with Gasteiger partial charge in [0, 0.05) is 12.8 Å². The highest BCUT2D eigenvalue weighted by Gasteiger charge is 2.00. The maximum absolute atomic E-state index is 11.1. The van der Waals surface area contributed by atoms with Crippen LogP contribution < -0.4 is 0 Å². The minimum Gasteiger partial charge on any atom is -0.466 e. The molecule has 2 nitrogen and oxygen atoms in total. The number of terminal acetylenes is 1. The fourth-order valence-electron chi connectivity index (χ4n) is 2.12. The third-order valence-electron chi connectivity index (χ3n) is 3.35. The van der Waals surface area contributed by atoms with E-state index in [4.69, 9.17) is 11.2 Å². The average Bonchev–Trinajstić information content (AvgIpc) is 2.51. The molecule has 0 rings (SSSR count). The van der Waals surface area contributed by atoms with Crippen molar-refractivity contribution in [1.29, 1.82) is 0 Å². The molecule has 22 heavy (non-hydrogen) atoms. The Morgan fingerprint density at radius 1 is 0.955 bits per heavy atom. The highest BCUT2D eigenvalue weighted by Crippen LogP contribution is 2.08. The smallest absolute Gasteiger partial charge is 0.305 e. The molecule has 0 spiro atoms. The van der Waals surface area contributed by atoms with Crippen molar-refractivity contribution in [1.82, 2.24) is 0 Å². The van der Waals surface area contributed by atoms with E-state index in [1.165, 1.54) is 19.3 Å². The molecule has 0 saturated heterocycles. The Bertz CT molecular complexity index is 347. The van der Waals surface area contributed by atoms with Gasteiger partial charge in [-0.15, -0.1) is 12.3 Å². The van der Waals surface area contributed by atoms with Crippen LogP contribution in [0.3, 0.4) is 0 Å². The minimum absolute atomic E-state index is 0.0576. The molecule has 0 aliphatic heterocycles. The molecule has 0 bridgehead atoms. The van der Waals surface area contributed by atoms with Crippen LogP contribution in [0.25, 0.3) is 0 Å². The van der Waals surface area contributed by atoms with Crippen molar-refractivity contribution in [2.45, 2.75) is 77.6 Å². The summed E-state index contributed by atoms with van der Waals surface area (Å²) >= 11 is 0. The summed E-state index contributed by atoms with van der Waals surface area (Å²) in [5.74, 6) is 2.59. The van der Waals surface area contributed by atoms with Gasteiger partial charge in [-0.2, -0.15) is 0 Å². The number of hydrogen-bond acceptors (Lipinski definition) is 2. The molecule has 0 aliphatic rings. The Kier molecular flexibility index (Phi) is 16.4. The fraction of sp³-hybridized carbons (Fsp3) is 0.650. The van der Waals surface area contributed by atoms with E-state index >= 15 is 0 Å². The third-order valence-corrected chi connectivity index (χ3v) is 3.35. The molecule has 0 radical (unpaired) electrons. The highest BCUT2D eigenvalue weighted by atomic mass is 16.5. The monoisotopic (exact) mass is 304 g/mol. The normalized spacial score (nSPS) is 11.1. The van der Waals surface area contributed by atoms with E-state index in [9.17, 15) is 4.79 Å². The van der Waals surface area contributed by atoms with Gasteiger partial charge in [-0.05, 0) is 45.4 Å². The Balaban J connectivity index is 3.24. The summed E-state index contributed by atoms with van der Waals surface area (Å²) < 4.78 is 4.90. The van der Waals surface area contributed by atoms with Crippen LogP contribution >= 0.6 is 0 Å². The van der Waals surface area contributed by atoms with Gasteiger partial charge in [0.25, 0.3) is 0 Å². The summed E-state index contributed by atoms with van der Waals surface area (Å²) in [6.45, 7) is 2.34. The summed E-state index contributed by atoms with van der Waals surface area (Å²) in [7, 11) is 0. The van der Waals surface area contributed by atoms with Crippen molar-refractivity contribution in [3.8, 4) is 12.3 Å². The van der Waals surface area contributed by atoms with E-state index in [2.05, 4.69) is 30.2 Å². The van der Waals surface area contributed by atoms with Crippen LogP contribution in [-0.4, -0.2) is 12.6 Å². The molecule has 0 aliphatic carbocycles. The molecule has 0 heterocycles. The zero-order chi connectivity index (χ0) is 16.3. The molecule has 0 aromatic heterocycles. The van der Waals surface area contributed by atoms with Crippen molar-refractivity contribution >= 4 is 5.97 Å². The predicted octanol–water partition coefficient (Wildman–Crippen LogP) is 5.59. The van der Waals surface area contributed by atoms with Gasteiger partial charge in [-0.3, -0.25) is 4.79 Å². The van der Waals surface area contributed by atoms with Crippen LogP contribution in [0.1, 0.15) is 77.6 Å². The van der Waals surface area contributed by atoms with Gasteiger partial charge < -0.3 is 4.74 Å². The maximum Gasteiger partial charge on any atom is 0.305 e. The van der Waals surface area contributed by atoms with Crippen LogP contribution in [0, 0.1) is 12.3 Å². The molecule has 0 atom stereocenters. The summed E-state index contributed by atoms with van der Waals surface area (Å²) in [6, 6.07) is 0. The topological polar surface area (TPSA) is 26.3 Å². The molecule has 0 aromatic rings. The maximum atomic E-state index is 11.1. The van der Waals surface area contributed by atoms with Crippen molar-refractivity contribution in [3.05, 3.63) is 24.3 Å². The number of esters is 1. The molecular formula is C20H32O2. The zero-order valence-corrected chi connectivity index (χ0v) is 14.2. The second-order valence-corrected chi connectivity index (χ2v) is 5.39. The molecular weight excluding hydrogens is 272 g/mol. The summed E-state index contributed by atoms with van der Waals surface area (Å²) in [6.07, 6.45) is 25.7. The number of unbranched alkanes of at least 4 members (excludes halogenated alkanes) is 7. The lowest BCUT2D eigenvalue weighted by atomic mass is 10.1. The van der Waals surface area contributed by atoms with Crippen LogP contribution in [-0.2, 0) is 9.53 Å².